The fraction of sp³-hybridized carbons (Fsp3) is 0.250. The zero-order valence-electron chi connectivity index (χ0n) is 10.0. The highest BCUT2D eigenvalue weighted by atomic mass is 16.5. The lowest BCUT2D eigenvalue weighted by Gasteiger charge is -2.14. The fourth-order valence-corrected chi connectivity index (χ4v) is 1.25. The maximum Gasteiger partial charge on any atom is 0.340 e. The third kappa shape index (κ3) is 3.31. The molecule has 96 valence electrons. The van der Waals surface area contributed by atoms with Crippen molar-refractivity contribution in [3.63, 3.8) is 0 Å². The first-order valence-electron chi connectivity index (χ1n) is 5.11. The van der Waals surface area contributed by atoms with Crippen molar-refractivity contribution in [2.24, 2.45) is 0 Å². The minimum absolute atomic E-state index is 0.329. The van der Waals surface area contributed by atoms with Gasteiger partial charge in [-0.2, -0.15) is 0 Å². The van der Waals surface area contributed by atoms with Gasteiger partial charge < -0.3 is 14.8 Å². The Balaban J connectivity index is 2.81. The number of ether oxygens (including phenoxy) is 2. The van der Waals surface area contributed by atoms with Crippen molar-refractivity contribution >= 4 is 17.8 Å². The van der Waals surface area contributed by atoms with Gasteiger partial charge in [0.1, 0.15) is 0 Å². The van der Waals surface area contributed by atoms with Crippen LogP contribution in [0.4, 0.5) is 0 Å². The van der Waals surface area contributed by atoms with Crippen LogP contribution in [0.2, 0.25) is 0 Å². The Hall–Kier alpha value is -2.37. The average molecular weight is 251 g/mol. The minimum atomic E-state index is -1.47. The molecule has 0 bridgehead atoms. The first kappa shape index (κ1) is 13.7. The summed E-state index contributed by atoms with van der Waals surface area (Å²) < 4.78 is 8.84. The van der Waals surface area contributed by atoms with Gasteiger partial charge in [-0.25, -0.2) is 9.59 Å². The van der Waals surface area contributed by atoms with Crippen molar-refractivity contribution < 1.29 is 23.9 Å². The zero-order valence-corrected chi connectivity index (χ0v) is 10.0. The molecular formula is C12H13NO5. The molecule has 0 saturated carbocycles. The van der Waals surface area contributed by atoms with E-state index in [9.17, 15) is 14.4 Å². The van der Waals surface area contributed by atoms with Gasteiger partial charge >= 0.3 is 11.9 Å². The number of hydrogen-bond donors (Lipinski definition) is 1. The van der Waals surface area contributed by atoms with E-state index in [-0.39, 0.29) is 0 Å². The van der Waals surface area contributed by atoms with Crippen molar-refractivity contribution in [2.75, 3.05) is 14.2 Å². The van der Waals surface area contributed by atoms with E-state index in [1.54, 1.807) is 30.3 Å². The molecule has 1 aromatic rings. The van der Waals surface area contributed by atoms with Gasteiger partial charge in [0.05, 0.1) is 14.2 Å². The summed E-state index contributed by atoms with van der Waals surface area (Å²) in [5.41, 5.74) is 0.329. The van der Waals surface area contributed by atoms with Gasteiger partial charge in [0.25, 0.3) is 5.91 Å². The number of hydrogen-bond acceptors (Lipinski definition) is 5. The van der Waals surface area contributed by atoms with Crippen molar-refractivity contribution in [3.8, 4) is 0 Å². The van der Waals surface area contributed by atoms with Crippen molar-refractivity contribution in [1.29, 1.82) is 0 Å². The third-order valence-electron chi connectivity index (χ3n) is 2.19. The van der Waals surface area contributed by atoms with E-state index in [0.717, 1.165) is 14.2 Å². The summed E-state index contributed by atoms with van der Waals surface area (Å²) in [5.74, 6) is -2.33. The van der Waals surface area contributed by atoms with E-state index in [4.69, 9.17) is 0 Å². The Morgan fingerprint density at radius 2 is 1.50 bits per heavy atom. The Bertz CT molecular complexity index is 427. The predicted octanol–water partition coefficient (Wildman–Crippen LogP) is 0.131. The second kappa shape index (κ2) is 6.39. The molecule has 0 aliphatic heterocycles. The van der Waals surface area contributed by atoms with Crippen LogP contribution in [-0.2, 0) is 19.1 Å². The number of amides is 1. The van der Waals surface area contributed by atoms with Gasteiger partial charge in [0, 0.05) is 5.56 Å². The number of methoxy groups -OCH3 is 2. The van der Waals surface area contributed by atoms with E-state index in [1.807, 2.05) is 0 Å². The molecule has 0 aliphatic rings. The lowest BCUT2D eigenvalue weighted by Crippen LogP contribution is -2.47. The quantitative estimate of drug-likeness (QED) is 0.607. The Kier molecular flexibility index (Phi) is 4.86. The largest absolute Gasteiger partial charge is 0.467 e. The van der Waals surface area contributed by atoms with Crippen LogP contribution in [0.1, 0.15) is 10.4 Å². The molecule has 1 aromatic carbocycles. The summed E-state index contributed by atoms with van der Waals surface area (Å²) in [7, 11) is 2.24. The standard InChI is InChI=1S/C12H13NO5/c1-17-11(15)9(12(16)18-2)13-10(14)8-6-4-3-5-7-8/h3-7,9H,1-2H3,(H,13,14). The second-order valence-corrected chi connectivity index (χ2v) is 3.32. The zero-order chi connectivity index (χ0) is 13.5. The molecule has 0 heterocycles. The number of carbonyl (C=O) groups excluding carboxylic acids is 3. The number of carbonyl (C=O) groups is 3. The molecule has 0 saturated heterocycles. The Labute approximate surface area is 104 Å². The number of benzene rings is 1. The first-order valence-corrected chi connectivity index (χ1v) is 5.11. The lowest BCUT2D eigenvalue weighted by atomic mass is 10.2. The van der Waals surface area contributed by atoms with Crippen LogP contribution in [0.3, 0.4) is 0 Å². The van der Waals surface area contributed by atoms with Crippen molar-refractivity contribution in [2.45, 2.75) is 6.04 Å². The van der Waals surface area contributed by atoms with Crippen LogP contribution in [0.5, 0.6) is 0 Å². The molecular weight excluding hydrogens is 238 g/mol. The average Bonchev–Trinajstić information content (AvgIpc) is 2.43. The minimum Gasteiger partial charge on any atom is -0.467 e. The van der Waals surface area contributed by atoms with Crippen molar-refractivity contribution in [1.82, 2.24) is 5.32 Å². The van der Waals surface area contributed by atoms with Gasteiger partial charge in [-0.05, 0) is 12.1 Å². The topological polar surface area (TPSA) is 81.7 Å². The summed E-state index contributed by atoms with van der Waals surface area (Å²) in [6, 6.07) is 6.73. The number of nitrogens with one attached hydrogen (secondary N) is 1. The highest BCUT2D eigenvalue weighted by Gasteiger charge is 2.30. The molecule has 1 amide bonds. The fourth-order valence-electron chi connectivity index (χ4n) is 1.25. The monoisotopic (exact) mass is 251 g/mol. The van der Waals surface area contributed by atoms with Gasteiger partial charge in [-0.15, -0.1) is 0 Å². The molecule has 0 aliphatic carbocycles. The molecule has 0 unspecified atom stereocenters. The SMILES string of the molecule is COC(=O)C(NC(=O)c1ccccc1)C(=O)OC. The van der Waals surface area contributed by atoms with E-state index >= 15 is 0 Å². The third-order valence-corrected chi connectivity index (χ3v) is 2.19. The molecule has 1 rings (SSSR count). The molecule has 1 N–H and O–H groups in total. The first-order chi connectivity index (χ1) is 8.60. The van der Waals surface area contributed by atoms with Crippen molar-refractivity contribution in [3.05, 3.63) is 35.9 Å². The van der Waals surface area contributed by atoms with E-state index < -0.39 is 23.9 Å². The van der Waals surface area contributed by atoms with Gasteiger partial charge in [0.15, 0.2) is 0 Å². The molecule has 0 aromatic heterocycles. The number of esters is 2. The normalized spacial score (nSPS) is 9.72. The van der Waals surface area contributed by atoms with Crippen LogP contribution >= 0.6 is 0 Å². The molecule has 18 heavy (non-hydrogen) atoms. The van der Waals surface area contributed by atoms with Gasteiger partial charge in [-0.1, -0.05) is 18.2 Å². The lowest BCUT2D eigenvalue weighted by molar-refractivity contribution is -0.154. The molecule has 6 heteroatoms. The number of rotatable bonds is 4. The van der Waals surface area contributed by atoms with Crippen LogP contribution < -0.4 is 5.32 Å². The maximum atomic E-state index is 11.8. The smallest absolute Gasteiger partial charge is 0.340 e. The van der Waals surface area contributed by atoms with Crippen LogP contribution in [-0.4, -0.2) is 38.1 Å². The van der Waals surface area contributed by atoms with Gasteiger partial charge in [0.2, 0.25) is 6.04 Å². The predicted molar refractivity (Wildman–Crippen MR) is 61.7 cm³/mol. The summed E-state index contributed by atoms with van der Waals surface area (Å²) in [5, 5.41) is 2.25. The Morgan fingerprint density at radius 1 is 1.00 bits per heavy atom. The summed E-state index contributed by atoms with van der Waals surface area (Å²) in [6.45, 7) is 0. The summed E-state index contributed by atoms with van der Waals surface area (Å²) in [6.07, 6.45) is 0. The second-order valence-electron chi connectivity index (χ2n) is 3.32. The van der Waals surface area contributed by atoms with E-state index in [2.05, 4.69) is 14.8 Å². The molecule has 0 spiro atoms. The summed E-state index contributed by atoms with van der Waals surface area (Å²) in [4.78, 5) is 34.5. The van der Waals surface area contributed by atoms with E-state index in [1.165, 1.54) is 0 Å². The van der Waals surface area contributed by atoms with Crippen LogP contribution in [0.15, 0.2) is 30.3 Å². The molecule has 0 radical (unpaired) electrons. The highest BCUT2D eigenvalue weighted by Crippen LogP contribution is 2.00. The van der Waals surface area contributed by atoms with E-state index in [0.29, 0.717) is 5.56 Å². The highest BCUT2D eigenvalue weighted by molar-refractivity contribution is 6.05. The molecule has 0 atom stereocenters. The van der Waals surface area contributed by atoms with Crippen LogP contribution in [0.25, 0.3) is 0 Å². The van der Waals surface area contributed by atoms with Gasteiger partial charge in [-0.3, -0.25) is 4.79 Å². The molecule has 6 nitrogen and oxygen atoms in total. The molecule has 0 fully saturated rings. The maximum absolute atomic E-state index is 11.8. The Morgan fingerprint density at radius 3 is 1.94 bits per heavy atom. The van der Waals surface area contributed by atoms with Crippen LogP contribution in [0, 0.1) is 0 Å². The summed E-state index contributed by atoms with van der Waals surface area (Å²) >= 11 is 0.